The zero-order valence-corrected chi connectivity index (χ0v) is 18.1. The number of imide groups is 1. The second-order valence-electron chi connectivity index (χ2n) is 6.62. The van der Waals surface area contributed by atoms with Gasteiger partial charge in [-0.2, -0.15) is 0 Å². The summed E-state index contributed by atoms with van der Waals surface area (Å²) in [5.74, 6) is -1.25. The second kappa shape index (κ2) is 7.38. The molecule has 0 radical (unpaired) electrons. The summed E-state index contributed by atoms with van der Waals surface area (Å²) in [4.78, 5) is 27.4. The van der Waals surface area contributed by atoms with Gasteiger partial charge in [0.15, 0.2) is 0 Å². The maximum Gasteiger partial charge on any atom is 0.264 e. The first kappa shape index (κ1) is 19.8. The number of benzene rings is 3. The summed E-state index contributed by atoms with van der Waals surface area (Å²) in [6.07, 6.45) is 0. The average molecular weight is 517 g/mol. The number of carbonyl (C=O) groups is 2. The summed E-state index contributed by atoms with van der Waals surface area (Å²) in [6.45, 7) is 0. The summed E-state index contributed by atoms with van der Waals surface area (Å²) >= 11 is 1.70. The van der Waals surface area contributed by atoms with Crippen LogP contribution in [0.25, 0.3) is 0 Å². The third-order valence-corrected chi connectivity index (χ3v) is 9.78. The van der Waals surface area contributed by atoms with Gasteiger partial charge in [-0.1, -0.05) is 66.7 Å². The highest BCUT2D eigenvalue weighted by Gasteiger charge is 2.69. The van der Waals surface area contributed by atoms with Crippen LogP contribution in [0.3, 0.4) is 0 Å². The fourth-order valence-electron chi connectivity index (χ4n) is 3.46. The number of carbonyl (C=O) groups excluding carboxylic acids is 2. The lowest BCUT2D eigenvalue weighted by Gasteiger charge is -2.50. The van der Waals surface area contributed by atoms with Crippen LogP contribution in [-0.4, -0.2) is 27.9 Å². The van der Waals surface area contributed by atoms with Crippen molar-refractivity contribution in [3.05, 3.63) is 102 Å². The molecule has 0 unspecified atom stereocenters. The average Bonchev–Trinajstić information content (AvgIpc) is 2.77. The van der Waals surface area contributed by atoms with Crippen molar-refractivity contribution < 1.29 is 18.0 Å². The minimum absolute atomic E-state index is 0.0514. The number of nitrogens with zero attached hydrogens (tertiary/aromatic N) is 1. The number of likely N-dealkylation sites (tertiary alicyclic amines) is 1. The van der Waals surface area contributed by atoms with Crippen molar-refractivity contribution in [2.45, 2.75) is 13.7 Å². The minimum Gasteiger partial charge on any atom is -0.271 e. The van der Waals surface area contributed by atoms with E-state index in [2.05, 4.69) is 0 Å². The molecule has 29 heavy (non-hydrogen) atoms. The Kier molecular flexibility index (Phi) is 5.04. The monoisotopic (exact) mass is 517 g/mol. The second-order valence-corrected chi connectivity index (χ2v) is 11.2. The zero-order valence-electron chi connectivity index (χ0n) is 15.1. The summed E-state index contributed by atoms with van der Waals surface area (Å²) in [7, 11) is -4.05. The van der Waals surface area contributed by atoms with Crippen molar-refractivity contribution in [2.75, 3.05) is 0 Å². The van der Waals surface area contributed by atoms with Gasteiger partial charge in [0, 0.05) is 5.56 Å². The van der Waals surface area contributed by atoms with Gasteiger partial charge in [-0.15, -0.1) is 0 Å². The van der Waals surface area contributed by atoms with Gasteiger partial charge in [-0.25, -0.2) is 8.42 Å². The van der Waals surface area contributed by atoms with E-state index in [1.165, 1.54) is 12.1 Å². The largest absolute Gasteiger partial charge is 0.271 e. The first-order valence-corrected chi connectivity index (χ1v) is 11.4. The number of halogens is 1. The van der Waals surface area contributed by atoms with Gasteiger partial charge in [-0.05, 0) is 52.4 Å². The lowest BCUT2D eigenvalue weighted by atomic mass is 9.92. The topological polar surface area (TPSA) is 71.5 Å². The van der Waals surface area contributed by atoms with E-state index >= 15 is 0 Å². The smallest absolute Gasteiger partial charge is 0.264 e. The van der Waals surface area contributed by atoms with E-state index in [1.54, 1.807) is 101 Å². The lowest BCUT2D eigenvalue weighted by molar-refractivity contribution is -0.141. The van der Waals surface area contributed by atoms with Crippen molar-refractivity contribution in [1.29, 1.82) is 0 Å². The first-order valence-electron chi connectivity index (χ1n) is 8.85. The highest BCUT2D eigenvalue weighted by Crippen LogP contribution is 2.55. The van der Waals surface area contributed by atoms with Crippen molar-refractivity contribution in [1.82, 2.24) is 4.90 Å². The molecule has 0 aliphatic carbocycles. The fraction of sp³-hybridized carbons (Fsp3) is 0.0909. The highest BCUT2D eigenvalue weighted by atomic mass is 127. The van der Waals surface area contributed by atoms with Crippen molar-refractivity contribution in [2.24, 2.45) is 0 Å². The van der Waals surface area contributed by atoms with E-state index in [0.29, 0.717) is 11.1 Å². The van der Waals surface area contributed by atoms with Gasteiger partial charge in [0.05, 0.1) is 4.90 Å². The van der Waals surface area contributed by atoms with Crippen LogP contribution in [0.1, 0.15) is 22.0 Å². The highest BCUT2D eigenvalue weighted by molar-refractivity contribution is 14.1. The third kappa shape index (κ3) is 3.00. The normalized spacial score (nSPS) is 21.5. The third-order valence-electron chi connectivity index (χ3n) is 4.92. The fourth-order valence-corrected chi connectivity index (χ4v) is 6.84. The predicted octanol–water partition coefficient (Wildman–Crippen LogP) is 4.02. The molecule has 0 spiro atoms. The van der Waals surface area contributed by atoms with Gasteiger partial charge in [0.25, 0.3) is 11.8 Å². The zero-order chi connectivity index (χ0) is 20.6. The number of amides is 2. The molecule has 1 fully saturated rings. The van der Waals surface area contributed by atoms with Crippen LogP contribution in [0.2, 0.25) is 0 Å². The Bertz CT molecular complexity index is 1170. The number of rotatable bonds is 4. The molecule has 1 saturated heterocycles. The van der Waals surface area contributed by atoms with Crippen LogP contribution < -0.4 is 0 Å². The van der Waals surface area contributed by atoms with Crippen LogP contribution in [0.4, 0.5) is 0 Å². The minimum atomic E-state index is -4.05. The Balaban J connectivity index is 1.85. The summed E-state index contributed by atoms with van der Waals surface area (Å²) in [6, 6.07) is 24.1. The Morgan fingerprint density at radius 1 is 0.828 bits per heavy atom. The molecule has 146 valence electrons. The van der Waals surface area contributed by atoms with Crippen molar-refractivity contribution in [3.8, 4) is 0 Å². The lowest BCUT2D eigenvalue weighted by Crippen LogP contribution is -2.69. The van der Waals surface area contributed by atoms with Gasteiger partial charge in [0.1, 0.15) is 6.04 Å². The summed E-state index contributed by atoms with van der Waals surface area (Å²) in [5.41, 5.74) is 0.919. The Morgan fingerprint density at radius 2 is 1.31 bits per heavy atom. The van der Waals surface area contributed by atoms with E-state index in [1.807, 2.05) is 0 Å². The van der Waals surface area contributed by atoms with E-state index in [4.69, 9.17) is 0 Å². The summed E-state index contributed by atoms with van der Waals surface area (Å²) in [5, 5.41) is 0. The number of β-lactam (4-membered cyclic amide) rings is 1. The Labute approximate surface area is 182 Å². The Morgan fingerprint density at radius 3 is 1.86 bits per heavy atom. The van der Waals surface area contributed by atoms with Gasteiger partial charge < -0.3 is 0 Å². The van der Waals surface area contributed by atoms with Crippen molar-refractivity contribution >= 4 is 44.2 Å². The van der Waals surface area contributed by atoms with E-state index in [0.717, 1.165) is 4.90 Å². The number of hydrogen-bond donors (Lipinski definition) is 0. The van der Waals surface area contributed by atoms with Crippen LogP contribution in [0.5, 0.6) is 0 Å². The quantitative estimate of drug-likeness (QED) is 0.227. The molecule has 3 aromatic rings. The molecule has 0 N–H and O–H groups in total. The Hall–Kier alpha value is -2.52. The van der Waals surface area contributed by atoms with E-state index in [-0.39, 0.29) is 4.90 Å². The van der Waals surface area contributed by atoms with Crippen LogP contribution >= 0.6 is 22.6 Å². The van der Waals surface area contributed by atoms with E-state index < -0.39 is 30.4 Å². The molecule has 0 aromatic heterocycles. The molecule has 5 nitrogen and oxygen atoms in total. The van der Waals surface area contributed by atoms with Gasteiger partial charge >= 0.3 is 0 Å². The maximum absolute atomic E-state index is 13.5. The predicted molar refractivity (Wildman–Crippen MR) is 117 cm³/mol. The number of hydrogen-bond acceptors (Lipinski definition) is 4. The van der Waals surface area contributed by atoms with Gasteiger partial charge in [-0.3, -0.25) is 14.5 Å². The molecule has 3 aromatic carbocycles. The molecule has 2 atom stereocenters. The SMILES string of the molecule is O=C(c1ccccc1)N1C(=O)[C@@](I)(S(=O)(=O)c2ccccc2)[C@@H]1c1ccccc1. The molecule has 2 amide bonds. The summed E-state index contributed by atoms with van der Waals surface area (Å²) < 4.78 is 25.1. The molecule has 1 aliphatic rings. The molecule has 1 heterocycles. The van der Waals surface area contributed by atoms with Crippen LogP contribution in [0.15, 0.2) is 95.9 Å². The molecule has 4 rings (SSSR count). The molecule has 1 aliphatic heterocycles. The number of sulfone groups is 1. The molecule has 0 saturated carbocycles. The standard InChI is InChI=1S/C22H16INO4S/c23-22(29(27,28)18-14-8-3-9-15-18)19(16-10-4-1-5-11-16)24(21(22)26)20(25)17-12-6-2-7-13-17/h1-15,19H/t19-,22-/m0/s1. The molecule has 7 heteroatoms. The van der Waals surface area contributed by atoms with Crippen LogP contribution in [0, 0.1) is 0 Å². The van der Waals surface area contributed by atoms with Crippen molar-refractivity contribution in [3.63, 3.8) is 0 Å². The first-order chi connectivity index (χ1) is 13.9. The maximum atomic E-state index is 13.5. The van der Waals surface area contributed by atoms with Gasteiger partial charge in [0.2, 0.25) is 12.6 Å². The molecular weight excluding hydrogens is 501 g/mol. The molecule has 0 bridgehead atoms. The van der Waals surface area contributed by atoms with E-state index in [9.17, 15) is 18.0 Å². The van der Waals surface area contributed by atoms with Crippen LogP contribution in [-0.2, 0) is 14.6 Å². The number of alkyl halides is 1. The molecular formula is C22H16INO4S.